The number of pyridine rings is 1. The van der Waals surface area contributed by atoms with Crippen LogP contribution in [0, 0.1) is 5.82 Å². The van der Waals surface area contributed by atoms with Gasteiger partial charge in [0.1, 0.15) is 17.0 Å². The Kier molecular flexibility index (Phi) is 2.33. The lowest BCUT2D eigenvalue weighted by Crippen LogP contribution is -1.81. The third kappa shape index (κ3) is 1.67. The highest BCUT2D eigenvalue weighted by Crippen LogP contribution is 2.32. The van der Waals surface area contributed by atoms with E-state index >= 15 is 0 Å². The Balaban J connectivity index is 2.01. The molecule has 0 saturated heterocycles. The van der Waals surface area contributed by atoms with Gasteiger partial charge in [-0.2, -0.15) is 0 Å². The molecule has 0 atom stereocenters. The van der Waals surface area contributed by atoms with E-state index in [0.29, 0.717) is 5.58 Å². The highest BCUT2D eigenvalue weighted by molar-refractivity contribution is 6.06. The molecule has 96 valence electrons. The van der Waals surface area contributed by atoms with Crippen LogP contribution in [0.3, 0.4) is 0 Å². The van der Waals surface area contributed by atoms with Crippen molar-refractivity contribution in [1.82, 2.24) is 4.98 Å². The molecule has 0 aliphatic rings. The molecule has 3 heteroatoms. The van der Waals surface area contributed by atoms with E-state index in [1.165, 1.54) is 12.1 Å². The molecule has 2 nitrogen and oxygen atoms in total. The largest absolute Gasteiger partial charge is 0.456 e. The standard InChI is InChI=1S/C17H10FNO/c18-12-5-6-13-14-9-11(15-3-1-2-8-19-15)4-7-16(14)20-17(13)10-12/h1-10H. The summed E-state index contributed by atoms with van der Waals surface area (Å²) in [4.78, 5) is 4.34. The molecule has 0 N–H and O–H groups in total. The quantitative estimate of drug-likeness (QED) is 0.493. The smallest absolute Gasteiger partial charge is 0.138 e. The van der Waals surface area contributed by atoms with Crippen molar-refractivity contribution in [1.29, 1.82) is 0 Å². The van der Waals surface area contributed by atoms with Crippen LogP contribution in [-0.2, 0) is 0 Å². The number of furan rings is 1. The normalized spacial score (nSPS) is 11.2. The SMILES string of the molecule is Fc1ccc2c(c1)oc1ccc(-c3ccccn3)cc12. The maximum absolute atomic E-state index is 13.2. The first kappa shape index (κ1) is 11.2. The predicted molar refractivity (Wildman–Crippen MR) is 76.9 cm³/mol. The molecular formula is C17H10FNO. The van der Waals surface area contributed by atoms with Crippen molar-refractivity contribution in [2.75, 3.05) is 0 Å². The molecular weight excluding hydrogens is 253 g/mol. The molecule has 2 heterocycles. The fraction of sp³-hybridized carbons (Fsp3) is 0. The highest BCUT2D eigenvalue weighted by Gasteiger charge is 2.09. The Hall–Kier alpha value is -2.68. The van der Waals surface area contributed by atoms with Gasteiger partial charge in [-0.1, -0.05) is 6.07 Å². The van der Waals surface area contributed by atoms with Crippen molar-refractivity contribution < 1.29 is 8.81 Å². The maximum Gasteiger partial charge on any atom is 0.138 e. The number of fused-ring (bicyclic) bond motifs is 3. The fourth-order valence-electron chi connectivity index (χ4n) is 2.44. The summed E-state index contributed by atoms with van der Waals surface area (Å²) in [6, 6.07) is 16.3. The van der Waals surface area contributed by atoms with Crippen LogP contribution in [0.4, 0.5) is 4.39 Å². The Morgan fingerprint density at radius 3 is 2.65 bits per heavy atom. The van der Waals surface area contributed by atoms with E-state index in [1.807, 2.05) is 36.4 Å². The van der Waals surface area contributed by atoms with Crippen molar-refractivity contribution in [2.45, 2.75) is 0 Å². The molecule has 0 fully saturated rings. The summed E-state index contributed by atoms with van der Waals surface area (Å²) in [6.07, 6.45) is 1.77. The molecule has 2 aromatic heterocycles. The molecule has 0 amide bonds. The molecule has 0 aliphatic heterocycles. The summed E-state index contributed by atoms with van der Waals surface area (Å²) in [7, 11) is 0. The van der Waals surface area contributed by atoms with E-state index in [2.05, 4.69) is 4.98 Å². The van der Waals surface area contributed by atoms with Gasteiger partial charge in [0, 0.05) is 28.6 Å². The monoisotopic (exact) mass is 263 g/mol. The Morgan fingerprint density at radius 1 is 0.850 bits per heavy atom. The number of hydrogen-bond donors (Lipinski definition) is 0. The lowest BCUT2D eigenvalue weighted by atomic mass is 10.1. The molecule has 2 aromatic carbocycles. The first-order chi connectivity index (χ1) is 9.81. The van der Waals surface area contributed by atoms with Crippen molar-refractivity contribution in [3.63, 3.8) is 0 Å². The second-order valence-electron chi connectivity index (χ2n) is 4.67. The average molecular weight is 263 g/mol. The summed E-state index contributed by atoms with van der Waals surface area (Å²) in [5.74, 6) is -0.290. The number of aromatic nitrogens is 1. The number of rotatable bonds is 1. The number of halogens is 1. The Labute approximate surface area is 114 Å². The first-order valence-electron chi connectivity index (χ1n) is 6.34. The van der Waals surface area contributed by atoms with E-state index in [-0.39, 0.29) is 5.82 Å². The van der Waals surface area contributed by atoms with Crippen molar-refractivity contribution in [2.24, 2.45) is 0 Å². The van der Waals surface area contributed by atoms with E-state index in [1.54, 1.807) is 12.3 Å². The van der Waals surface area contributed by atoms with Gasteiger partial charge in [0.15, 0.2) is 0 Å². The van der Waals surface area contributed by atoms with E-state index in [0.717, 1.165) is 27.6 Å². The van der Waals surface area contributed by atoms with E-state index in [4.69, 9.17) is 4.42 Å². The van der Waals surface area contributed by atoms with Gasteiger partial charge in [0.05, 0.1) is 5.69 Å². The van der Waals surface area contributed by atoms with Crippen LogP contribution in [-0.4, -0.2) is 4.98 Å². The van der Waals surface area contributed by atoms with Gasteiger partial charge in [0.25, 0.3) is 0 Å². The lowest BCUT2D eigenvalue weighted by molar-refractivity contribution is 0.618. The molecule has 0 aliphatic carbocycles. The van der Waals surface area contributed by atoms with Crippen LogP contribution in [0.15, 0.2) is 65.2 Å². The van der Waals surface area contributed by atoms with Crippen molar-refractivity contribution in [3.8, 4) is 11.3 Å². The van der Waals surface area contributed by atoms with Gasteiger partial charge in [-0.25, -0.2) is 4.39 Å². The number of hydrogen-bond acceptors (Lipinski definition) is 2. The van der Waals surface area contributed by atoms with Gasteiger partial charge in [0.2, 0.25) is 0 Å². The summed E-state index contributed by atoms with van der Waals surface area (Å²) in [5.41, 5.74) is 3.25. The number of nitrogens with zero attached hydrogens (tertiary/aromatic N) is 1. The minimum atomic E-state index is -0.290. The zero-order chi connectivity index (χ0) is 13.5. The lowest BCUT2D eigenvalue weighted by Gasteiger charge is -1.99. The van der Waals surface area contributed by atoms with Gasteiger partial charge in [-0.05, 0) is 42.5 Å². The van der Waals surface area contributed by atoms with Crippen LogP contribution in [0.5, 0.6) is 0 Å². The van der Waals surface area contributed by atoms with E-state index < -0.39 is 0 Å². The van der Waals surface area contributed by atoms with Gasteiger partial charge >= 0.3 is 0 Å². The molecule has 0 spiro atoms. The third-order valence-corrected chi connectivity index (χ3v) is 3.39. The summed E-state index contributed by atoms with van der Waals surface area (Å²) < 4.78 is 18.9. The second kappa shape index (κ2) is 4.17. The maximum atomic E-state index is 13.2. The van der Waals surface area contributed by atoms with Crippen LogP contribution < -0.4 is 0 Å². The van der Waals surface area contributed by atoms with E-state index in [9.17, 15) is 4.39 Å². The van der Waals surface area contributed by atoms with Crippen molar-refractivity contribution >= 4 is 21.9 Å². The predicted octanol–water partition coefficient (Wildman–Crippen LogP) is 4.79. The zero-order valence-electron chi connectivity index (χ0n) is 10.5. The van der Waals surface area contributed by atoms with Gasteiger partial charge in [-0.15, -0.1) is 0 Å². The van der Waals surface area contributed by atoms with Crippen LogP contribution in [0.1, 0.15) is 0 Å². The van der Waals surface area contributed by atoms with Gasteiger partial charge < -0.3 is 4.42 Å². The summed E-state index contributed by atoms with van der Waals surface area (Å²) in [6.45, 7) is 0. The average Bonchev–Trinajstić information content (AvgIpc) is 2.84. The highest BCUT2D eigenvalue weighted by atomic mass is 19.1. The Bertz CT molecular complexity index is 912. The molecule has 4 rings (SSSR count). The number of benzene rings is 2. The van der Waals surface area contributed by atoms with Gasteiger partial charge in [-0.3, -0.25) is 4.98 Å². The topological polar surface area (TPSA) is 26.0 Å². The summed E-state index contributed by atoms with van der Waals surface area (Å²) in [5, 5.41) is 1.89. The third-order valence-electron chi connectivity index (χ3n) is 3.39. The molecule has 20 heavy (non-hydrogen) atoms. The second-order valence-corrected chi connectivity index (χ2v) is 4.67. The molecule has 0 bridgehead atoms. The molecule has 4 aromatic rings. The Morgan fingerprint density at radius 2 is 1.80 bits per heavy atom. The minimum Gasteiger partial charge on any atom is -0.456 e. The summed E-state index contributed by atoms with van der Waals surface area (Å²) >= 11 is 0. The molecule has 0 radical (unpaired) electrons. The van der Waals surface area contributed by atoms with Crippen molar-refractivity contribution in [3.05, 3.63) is 66.6 Å². The van der Waals surface area contributed by atoms with Crippen LogP contribution in [0.2, 0.25) is 0 Å². The minimum absolute atomic E-state index is 0.290. The van der Waals surface area contributed by atoms with Crippen LogP contribution >= 0.6 is 0 Å². The fourth-order valence-corrected chi connectivity index (χ4v) is 2.44. The first-order valence-corrected chi connectivity index (χ1v) is 6.34. The molecule has 0 saturated carbocycles. The molecule has 0 unspecified atom stereocenters. The zero-order valence-corrected chi connectivity index (χ0v) is 10.5. The van der Waals surface area contributed by atoms with Crippen LogP contribution in [0.25, 0.3) is 33.2 Å².